The first-order valence-electron chi connectivity index (χ1n) is 15.7. The smallest absolute Gasteiger partial charge is 0.224 e. The number of carbonyl (C=O) groups is 1. The maximum Gasteiger partial charge on any atom is 0.224 e. The van der Waals surface area contributed by atoms with Crippen molar-refractivity contribution in [2.45, 2.75) is 83.8 Å². The van der Waals surface area contributed by atoms with Crippen LogP contribution < -0.4 is 20.1 Å². The number of carbonyl (C=O) groups excluding carboxylic acids is 1. The van der Waals surface area contributed by atoms with E-state index < -0.39 is 8.32 Å². The molecule has 3 aromatic carbocycles. The molecule has 3 rings (SSSR count). The van der Waals surface area contributed by atoms with Crippen LogP contribution in [0.4, 0.5) is 0 Å². The number of phenols is 1. The van der Waals surface area contributed by atoms with Crippen molar-refractivity contribution >= 4 is 14.2 Å². The quantitative estimate of drug-likeness (QED) is 0.141. The molecule has 0 aromatic heterocycles. The standard InChI is InChI=1S/C36H52N2O6Si/c1-25(38-23-34(44-45(7,8)36(2,3)4)29-13-14-31(40)30(22-29)24-39)18-27-10-9-11-28(19-27)21-35(41)37-17-16-26-12-15-32(42-5)33(20-26)43-6/h9-15,19-20,22,25,34,38-40H,16-18,21,23-24H2,1-8H3,(H,37,41)/t25-,34+/m1/s1. The van der Waals surface area contributed by atoms with Gasteiger partial charge in [0.1, 0.15) is 5.75 Å². The average molecular weight is 637 g/mol. The summed E-state index contributed by atoms with van der Waals surface area (Å²) in [6, 6.07) is 19.5. The summed E-state index contributed by atoms with van der Waals surface area (Å²) in [5.41, 5.74) is 4.61. The van der Waals surface area contributed by atoms with E-state index in [4.69, 9.17) is 13.9 Å². The van der Waals surface area contributed by atoms with Gasteiger partial charge in [-0.15, -0.1) is 0 Å². The zero-order chi connectivity index (χ0) is 33.2. The molecule has 8 nitrogen and oxygen atoms in total. The first-order chi connectivity index (χ1) is 21.3. The summed E-state index contributed by atoms with van der Waals surface area (Å²) in [5.74, 6) is 1.43. The molecule has 0 saturated carbocycles. The van der Waals surface area contributed by atoms with Gasteiger partial charge in [0.15, 0.2) is 19.8 Å². The van der Waals surface area contributed by atoms with E-state index >= 15 is 0 Å². The molecule has 0 aliphatic heterocycles. The van der Waals surface area contributed by atoms with Crippen molar-refractivity contribution in [2.24, 2.45) is 0 Å². The number of aromatic hydroxyl groups is 1. The summed E-state index contributed by atoms with van der Waals surface area (Å²) in [6.45, 7) is 14.1. The zero-order valence-corrected chi connectivity index (χ0v) is 29.2. The molecular weight excluding hydrogens is 584 g/mol. The van der Waals surface area contributed by atoms with Crippen molar-refractivity contribution < 1.29 is 28.9 Å². The second-order valence-electron chi connectivity index (χ2n) is 13.2. The van der Waals surface area contributed by atoms with Crippen molar-refractivity contribution in [2.75, 3.05) is 27.3 Å². The fraction of sp³-hybridized carbons (Fsp3) is 0.472. The minimum atomic E-state index is -2.11. The van der Waals surface area contributed by atoms with Crippen LogP contribution in [0.15, 0.2) is 60.7 Å². The Labute approximate surface area is 270 Å². The number of aliphatic hydroxyl groups excluding tert-OH is 1. The van der Waals surface area contributed by atoms with Crippen LogP contribution in [-0.4, -0.2) is 57.8 Å². The molecule has 0 aliphatic carbocycles. The molecule has 0 bridgehead atoms. The molecule has 0 saturated heterocycles. The van der Waals surface area contributed by atoms with E-state index in [1.807, 2.05) is 42.5 Å². The molecule has 9 heteroatoms. The van der Waals surface area contributed by atoms with Gasteiger partial charge in [0.25, 0.3) is 0 Å². The van der Waals surface area contributed by atoms with Gasteiger partial charge in [-0.1, -0.05) is 57.2 Å². The minimum Gasteiger partial charge on any atom is -0.508 e. The van der Waals surface area contributed by atoms with Crippen LogP contribution in [0.5, 0.6) is 17.2 Å². The third kappa shape index (κ3) is 10.6. The summed E-state index contributed by atoms with van der Waals surface area (Å²) in [6.07, 6.45) is 1.58. The van der Waals surface area contributed by atoms with E-state index in [1.165, 1.54) is 0 Å². The number of aliphatic hydroxyl groups is 1. The highest BCUT2D eigenvalue weighted by Crippen LogP contribution is 2.40. The third-order valence-electron chi connectivity index (χ3n) is 8.62. The number of methoxy groups -OCH3 is 2. The molecule has 0 aliphatic rings. The largest absolute Gasteiger partial charge is 0.508 e. The summed E-state index contributed by atoms with van der Waals surface area (Å²) in [5, 5.41) is 26.6. The predicted molar refractivity (Wildman–Crippen MR) is 183 cm³/mol. The van der Waals surface area contributed by atoms with E-state index in [0.717, 1.165) is 28.7 Å². The van der Waals surface area contributed by atoms with E-state index in [2.05, 4.69) is 63.6 Å². The van der Waals surface area contributed by atoms with E-state index in [9.17, 15) is 15.0 Å². The number of amides is 1. The molecule has 0 radical (unpaired) electrons. The number of benzene rings is 3. The Kier molecular flexibility index (Phi) is 13.0. The second-order valence-corrected chi connectivity index (χ2v) is 18.0. The first-order valence-corrected chi connectivity index (χ1v) is 18.6. The number of rotatable bonds is 16. The molecule has 0 unspecified atom stereocenters. The molecule has 45 heavy (non-hydrogen) atoms. The second kappa shape index (κ2) is 16.3. The van der Waals surface area contributed by atoms with E-state index in [1.54, 1.807) is 20.3 Å². The van der Waals surface area contributed by atoms with Crippen molar-refractivity contribution in [1.82, 2.24) is 10.6 Å². The normalized spacial score (nSPS) is 13.3. The average Bonchev–Trinajstić information content (AvgIpc) is 2.99. The predicted octanol–water partition coefficient (Wildman–Crippen LogP) is 6.09. The van der Waals surface area contributed by atoms with Crippen molar-refractivity contribution in [3.05, 3.63) is 88.5 Å². The van der Waals surface area contributed by atoms with Crippen LogP contribution in [0.1, 0.15) is 61.6 Å². The molecule has 0 fully saturated rings. The third-order valence-corrected chi connectivity index (χ3v) is 13.1. The van der Waals surface area contributed by atoms with Gasteiger partial charge < -0.3 is 34.7 Å². The number of ether oxygens (including phenoxy) is 2. The minimum absolute atomic E-state index is 0.0134. The highest BCUT2D eigenvalue weighted by atomic mass is 28.4. The number of hydrogen-bond acceptors (Lipinski definition) is 7. The van der Waals surface area contributed by atoms with Gasteiger partial charge in [-0.25, -0.2) is 0 Å². The molecule has 246 valence electrons. The Hall–Kier alpha value is -3.37. The summed E-state index contributed by atoms with van der Waals surface area (Å²) >= 11 is 0. The topological polar surface area (TPSA) is 109 Å². The van der Waals surface area contributed by atoms with Crippen molar-refractivity contribution in [1.29, 1.82) is 0 Å². The monoisotopic (exact) mass is 636 g/mol. The van der Waals surface area contributed by atoms with Crippen LogP contribution in [0.25, 0.3) is 0 Å². The molecule has 2 atom stereocenters. The highest BCUT2D eigenvalue weighted by Gasteiger charge is 2.39. The molecule has 0 heterocycles. The molecule has 3 aromatic rings. The van der Waals surface area contributed by atoms with Crippen LogP contribution in [0.2, 0.25) is 18.1 Å². The maximum absolute atomic E-state index is 12.7. The Morgan fingerprint density at radius 3 is 2.31 bits per heavy atom. The van der Waals surface area contributed by atoms with Gasteiger partial charge >= 0.3 is 0 Å². The molecule has 1 amide bonds. The van der Waals surface area contributed by atoms with Gasteiger partial charge in [-0.05, 0) is 84.4 Å². The molecule has 4 N–H and O–H groups in total. The van der Waals surface area contributed by atoms with Crippen LogP contribution in [0, 0.1) is 0 Å². The highest BCUT2D eigenvalue weighted by molar-refractivity contribution is 6.74. The van der Waals surface area contributed by atoms with Gasteiger partial charge in [-0.3, -0.25) is 4.79 Å². The fourth-order valence-corrected chi connectivity index (χ4v) is 6.21. The summed E-state index contributed by atoms with van der Waals surface area (Å²) in [7, 11) is 1.11. The van der Waals surface area contributed by atoms with E-state index in [-0.39, 0.29) is 35.4 Å². The Morgan fingerprint density at radius 1 is 0.933 bits per heavy atom. The van der Waals surface area contributed by atoms with Crippen LogP contribution >= 0.6 is 0 Å². The lowest BCUT2D eigenvalue weighted by Crippen LogP contribution is -2.44. The van der Waals surface area contributed by atoms with Gasteiger partial charge in [-0.2, -0.15) is 0 Å². The number of hydrogen-bond donors (Lipinski definition) is 4. The number of nitrogens with one attached hydrogen (secondary N) is 2. The van der Waals surface area contributed by atoms with Crippen LogP contribution in [-0.2, 0) is 35.1 Å². The molecular formula is C36H52N2O6Si. The van der Waals surface area contributed by atoms with Crippen LogP contribution in [0.3, 0.4) is 0 Å². The van der Waals surface area contributed by atoms with Gasteiger partial charge in [0.2, 0.25) is 5.91 Å². The Balaban J connectivity index is 1.58. The van der Waals surface area contributed by atoms with Crippen molar-refractivity contribution in [3.63, 3.8) is 0 Å². The summed E-state index contributed by atoms with van der Waals surface area (Å²) in [4.78, 5) is 12.7. The Morgan fingerprint density at radius 2 is 1.64 bits per heavy atom. The van der Waals surface area contributed by atoms with Crippen molar-refractivity contribution in [3.8, 4) is 17.2 Å². The molecule has 0 spiro atoms. The lowest BCUT2D eigenvalue weighted by molar-refractivity contribution is -0.120. The first kappa shape index (κ1) is 36.1. The summed E-state index contributed by atoms with van der Waals surface area (Å²) < 4.78 is 17.5. The maximum atomic E-state index is 12.7. The van der Waals surface area contributed by atoms with Gasteiger partial charge in [0, 0.05) is 24.7 Å². The van der Waals surface area contributed by atoms with E-state index in [0.29, 0.717) is 43.0 Å². The lowest BCUT2D eigenvalue weighted by atomic mass is 10.0. The SMILES string of the molecule is COc1ccc(CCNC(=O)Cc2cccc(C[C@@H](C)NC[C@H](O[Si](C)(C)C(C)(C)C)c3ccc(O)c(CO)c3)c2)cc1OC. The van der Waals surface area contributed by atoms with Gasteiger partial charge in [0.05, 0.1) is 33.4 Å². The fourth-order valence-electron chi connectivity index (χ4n) is 4.92. The Bertz CT molecular complexity index is 1400. The zero-order valence-electron chi connectivity index (χ0n) is 28.2. The lowest BCUT2D eigenvalue weighted by Gasteiger charge is -2.40.